The molecule has 1 heterocycles. The number of carboxylic acids is 1. The van der Waals surface area contributed by atoms with Gasteiger partial charge in [-0.1, -0.05) is 13.8 Å². The summed E-state index contributed by atoms with van der Waals surface area (Å²) in [6.07, 6.45) is 1.09. The van der Waals surface area contributed by atoms with Gasteiger partial charge in [-0.25, -0.2) is 4.79 Å². The second-order valence-corrected chi connectivity index (χ2v) is 5.36. The van der Waals surface area contributed by atoms with E-state index in [-0.39, 0.29) is 18.0 Å². The highest BCUT2D eigenvalue weighted by molar-refractivity contribution is 5.75. The van der Waals surface area contributed by atoms with Gasteiger partial charge in [0, 0.05) is 25.7 Å². The molecule has 0 aromatic heterocycles. The fraction of sp³-hybridized carbons (Fsp3) is 0.857. The number of urea groups is 1. The van der Waals surface area contributed by atoms with Gasteiger partial charge in [-0.05, 0) is 32.9 Å². The molecule has 1 rings (SSSR count). The zero-order valence-corrected chi connectivity index (χ0v) is 12.8. The Morgan fingerprint density at radius 2 is 2.00 bits per heavy atom. The van der Waals surface area contributed by atoms with Crippen LogP contribution in [0.2, 0.25) is 0 Å². The summed E-state index contributed by atoms with van der Waals surface area (Å²) in [6.45, 7) is 10.1. The summed E-state index contributed by atoms with van der Waals surface area (Å²) in [6, 6.07) is -0.0909. The summed E-state index contributed by atoms with van der Waals surface area (Å²) in [4.78, 5) is 27.1. The number of carbonyl (C=O) groups excluding carboxylic acids is 1. The van der Waals surface area contributed by atoms with Gasteiger partial charge in [0.15, 0.2) is 0 Å². The topological polar surface area (TPSA) is 72.9 Å². The summed E-state index contributed by atoms with van der Waals surface area (Å²) in [5.41, 5.74) is 0. The van der Waals surface area contributed by atoms with Crippen molar-refractivity contribution in [1.82, 2.24) is 15.1 Å². The minimum absolute atomic E-state index is 0.0155. The molecule has 0 bridgehead atoms. The molecule has 1 fully saturated rings. The highest BCUT2D eigenvalue weighted by atomic mass is 16.4. The van der Waals surface area contributed by atoms with E-state index in [9.17, 15) is 9.59 Å². The van der Waals surface area contributed by atoms with Gasteiger partial charge in [-0.2, -0.15) is 0 Å². The maximum absolute atomic E-state index is 12.1. The van der Waals surface area contributed by atoms with Crippen molar-refractivity contribution in [2.24, 2.45) is 5.92 Å². The van der Waals surface area contributed by atoms with Crippen LogP contribution in [0, 0.1) is 5.92 Å². The fourth-order valence-electron chi connectivity index (χ4n) is 2.66. The van der Waals surface area contributed by atoms with Crippen molar-refractivity contribution in [1.29, 1.82) is 0 Å². The molecule has 0 saturated carbocycles. The molecule has 1 aliphatic heterocycles. The average molecular weight is 285 g/mol. The lowest BCUT2D eigenvalue weighted by molar-refractivity contribution is -0.143. The number of likely N-dealkylation sites (tertiary alicyclic amines) is 1. The Morgan fingerprint density at radius 1 is 1.35 bits per heavy atom. The molecule has 2 N–H and O–H groups in total. The molecule has 0 aromatic carbocycles. The molecule has 2 amide bonds. The standard InChI is InChI=1S/C14H27N3O3/c1-4-16(5-2)9-7-15-14(20)17-8-6-12(13(18)19)10-11(17)3/h11-12H,4-10H2,1-3H3,(H,15,20)(H,18,19). The van der Waals surface area contributed by atoms with E-state index in [1.54, 1.807) is 4.90 Å². The van der Waals surface area contributed by atoms with Crippen LogP contribution in [0.25, 0.3) is 0 Å². The molecular formula is C14H27N3O3. The third kappa shape index (κ3) is 4.67. The van der Waals surface area contributed by atoms with E-state index in [1.165, 1.54) is 0 Å². The number of hydrogen-bond donors (Lipinski definition) is 2. The number of nitrogens with one attached hydrogen (secondary N) is 1. The Balaban J connectivity index is 2.35. The van der Waals surface area contributed by atoms with E-state index in [1.807, 2.05) is 6.92 Å². The van der Waals surface area contributed by atoms with Gasteiger partial charge in [0.1, 0.15) is 0 Å². The fourth-order valence-corrected chi connectivity index (χ4v) is 2.66. The molecular weight excluding hydrogens is 258 g/mol. The van der Waals surface area contributed by atoms with E-state index in [0.717, 1.165) is 19.6 Å². The first-order valence-corrected chi connectivity index (χ1v) is 7.49. The second kappa shape index (κ2) is 8.09. The molecule has 6 nitrogen and oxygen atoms in total. The third-order valence-electron chi connectivity index (χ3n) is 4.08. The van der Waals surface area contributed by atoms with Gasteiger partial charge in [-0.3, -0.25) is 4.79 Å². The normalized spacial score (nSPS) is 22.9. The van der Waals surface area contributed by atoms with Crippen molar-refractivity contribution in [2.75, 3.05) is 32.7 Å². The minimum atomic E-state index is -0.751. The number of carboxylic acid groups (broad SMARTS) is 1. The van der Waals surface area contributed by atoms with Crippen LogP contribution < -0.4 is 5.32 Å². The lowest BCUT2D eigenvalue weighted by atomic mass is 9.92. The van der Waals surface area contributed by atoms with Crippen LogP contribution in [-0.4, -0.2) is 65.7 Å². The Hall–Kier alpha value is -1.30. The molecule has 116 valence electrons. The van der Waals surface area contributed by atoms with Crippen molar-refractivity contribution < 1.29 is 14.7 Å². The number of rotatable bonds is 6. The number of amides is 2. The van der Waals surface area contributed by atoms with E-state index in [2.05, 4.69) is 24.1 Å². The molecule has 1 saturated heterocycles. The lowest BCUT2D eigenvalue weighted by Crippen LogP contribution is -2.51. The van der Waals surface area contributed by atoms with Gasteiger partial charge in [-0.15, -0.1) is 0 Å². The third-order valence-corrected chi connectivity index (χ3v) is 4.08. The van der Waals surface area contributed by atoms with Gasteiger partial charge < -0.3 is 20.2 Å². The summed E-state index contributed by atoms with van der Waals surface area (Å²) in [7, 11) is 0. The quantitative estimate of drug-likeness (QED) is 0.769. The van der Waals surface area contributed by atoms with E-state index in [0.29, 0.717) is 25.9 Å². The van der Waals surface area contributed by atoms with Crippen LogP contribution in [0.3, 0.4) is 0 Å². The van der Waals surface area contributed by atoms with Gasteiger partial charge in [0.25, 0.3) is 0 Å². The largest absolute Gasteiger partial charge is 0.481 e. The first-order valence-electron chi connectivity index (χ1n) is 7.49. The first-order chi connectivity index (χ1) is 9.49. The SMILES string of the molecule is CCN(CC)CCNC(=O)N1CCC(C(=O)O)CC1C. The lowest BCUT2D eigenvalue weighted by Gasteiger charge is -2.36. The number of nitrogens with zero attached hydrogens (tertiary/aromatic N) is 2. The molecule has 0 aliphatic carbocycles. The molecule has 0 spiro atoms. The number of likely N-dealkylation sites (N-methyl/N-ethyl adjacent to an activating group) is 1. The van der Waals surface area contributed by atoms with Crippen molar-refractivity contribution in [3.63, 3.8) is 0 Å². The number of piperidine rings is 1. The smallest absolute Gasteiger partial charge is 0.317 e. The summed E-state index contributed by atoms with van der Waals surface area (Å²) in [5.74, 6) is -1.07. The minimum Gasteiger partial charge on any atom is -0.481 e. The summed E-state index contributed by atoms with van der Waals surface area (Å²) in [5, 5.41) is 11.9. The summed E-state index contributed by atoms with van der Waals surface area (Å²) >= 11 is 0. The maximum Gasteiger partial charge on any atom is 0.317 e. The molecule has 1 aliphatic rings. The van der Waals surface area contributed by atoms with Crippen molar-refractivity contribution in [3.05, 3.63) is 0 Å². The molecule has 2 unspecified atom stereocenters. The maximum atomic E-state index is 12.1. The molecule has 6 heteroatoms. The van der Waals surface area contributed by atoms with Crippen LogP contribution in [0.15, 0.2) is 0 Å². The predicted molar refractivity (Wildman–Crippen MR) is 77.7 cm³/mol. The number of hydrogen-bond acceptors (Lipinski definition) is 3. The second-order valence-electron chi connectivity index (χ2n) is 5.36. The van der Waals surface area contributed by atoms with E-state index < -0.39 is 5.97 Å². The van der Waals surface area contributed by atoms with Crippen LogP contribution in [0.1, 0.15) is 33.6 Å². The number of carbonyl (C=O) groups is 2. The molecule has 0 aromatic rings. The Bertz CT molecular complexity index is 332. The first kappa shape index (κ1) is 16.8. The van der Waals surface area contributed by atoms with Gasteiger partial charge in [0.05, 0.1) is 5.92 Å². The predicted octanol–water partition coefficient (Wildman–Crippen LogP) is 1.22. The highest BCUT2D eigenvalue weighted by Gasteiger charge is 2.31. The van der Waals surface area contributed by atoms with E-state index in [4.69, 9.17) is 5.11 Å². The van der Waals surface area contributed by atoms with Gasteiger partial charge in [0.2, 0.25) is 0 Å². The van der Waals surface area contributed by atoms with Gasteiger partial charge >= 0.3 is 12.0 Å². The van der Waals surface area contributed by atoms with Crippen LogP contribution >= 0.6 is 0 Å². The Kier molecular flexibility index (Phi) is 6.78. The summed E-state index contributed by atoms with van der Waals surface area (Å²) < 4.78 is 0. The molecule has 0 radical (unpaired) electrons. The van der Waals surface area contributed by atoms with Crippen LogP contribution in [-0.2, 0) is 4.79 Å². The zero-order valence-electron chi connectivity index (χ0n) is 12.8. The highest BCUT2D eigenvalue weighted by Crippen LogP contribution is 2.22. The van der Waals surface area contributed by atoms with Crippen LogP contribution in [0.4, 0.5) is 4.79 Å². The van der Waals surface area contributed by atoms with Crippen molar-refractivity contribution in [2.45, 2.75) is 39.7 Å². The van der Waals surface area contributed by atoms with Crippen molar-refractivity contribution >= 4 is 12.0 Å². The monoisotopic (exact) mass is 285 g/mol. The van der Waals surface area contributed by atoms with Crippen molar-refractivity contribution in [3.8, 4) is 0 Å². The Labute approximate surface area is 121 Å². The zero-order chi connectivity index (χ0) is 15.1. The average Bonchev–Trinajstić information content (AvgIpc) is 2.43. The number of aliphatic carboxylic acids is 1. The van der Waals surface area contributed by atoms with Crippen LogP contribution in [0.5, 0.6) is 0 Å². The van der Waals surface area contributed by atoms with E-state index >= 15 is 0 Å². The molecule has 20 heavy (non-hydrogen) atoms. The molecule has 2 atom stereocenters. The Morgan fingerprint density at radius 3 is 2.50 bits per heavy atom.